The lowest BCUT2D eigenvalue weighted by Gasteiger charge is -2.04. The zero-order valence-electron chi connectivity index (χ0n) is 9.12. The Morgan fingerprint density at radius 2 is 2.13 bits per heavy atom. The molecule has 0 aliphatic rings. The van der Waals surface area contributed by atoms with Crippen LogP contribution in [-0.2, 0) is 6.42 Å². The number of rotatable bonds is 5. The van der Waals surface area contributed by atoms with Gasteiger partial charge in [0.15, 0.2) is 0 Å². The van der Waals surface area contributed by atoms with E-state index in [0.717, 1.165) is 19.5 Å². The second-order valence-electron chi connectivity index (χ2n) is 3.76. The molecular weight excluding hydrogens is 202 g/mol. The SMILES string of the molecule is CCCNCCc1cccc2ccsc12. The zero-order valence-corrected chi connectivity index (χ0v) is 9.94. The summed E-state index contributed by atoms with van der Waals surface area (Å²) in [6.07, 6.45) is 2.35. The molecule has 2 aromatic rings. The van der Waals surface area contributed by atoms with Crippen molar-refractivity contribution in [2.75, 3.05) is 13.1 Å². The third kappa shape index (κ3) is 2.58. The van der Waals surface area contributed by atoms with Crippen LogP contribution in [0, 0.1) is 0 Å². The molecule has 0 spiro atoms. The maximum atomic E-state index is 3.45. The van der Waals surface area contributed by atoms with Crippen molar-refractivity contribution in [2.24, 2.45) is 0 Å². The van der Waals surface area contributed by atoms with Crippen LogP contribution in [0.4, 0.5) is 0 Å². The normalized spacial score (nSPS) is 11.0. The fraction of sp³-hybridized carbons (Fsp3) is 0.385. The van der Waals surface area contributed by atoms with E-state index < -0.39 is 0 Å². The number of hydrogen-bond donors (Lipinski definition) is 1. The van der Waals surface area contributed by atoms with Gasteiger partial charge in [-0.15, -0.1) is 11.3 Å². The first-order valence-electron chi connectivity index (χ1n) is 5.57. The highest BCUT2D eigenvalue weighted by Gasteiger charge is 2.00. The van der Waals surface area contributed by atoms with E-state index in [2.05, 4.69) is 41.9 Å². The van der Waals surface area contributed by atoms with Gasteiger partial charge in [0.05, 0.1) is 0 Å². The van der Waals surface area contributed by atoms with Gasteiger partial charge < -0.3 is 5.32 Å². The van der Waals surface area contributed by atoms with E-state index in [4.69, 9.17) is 0 Å². The summed E-state index contributed by atoms with van der Waals surface area (Å²) in [6, 6.07) is 8.79. The van der Waals surface area contributed by atoms with E-state index in [9.17, 15) is 0 Å². The standard InChI is InChI=1S/C13H17NS/c1-2-8-14-9-6-11-4-3-5-12-7-10-15-13(11)12/h3-5,7,10,14H,2,6,8-9H2,1H3. The average molecular weight is 219 g/mol. The van der Waals surface area contributed by atoms with Crippen molar-refractivity contribution in [2.45, 2.75) is 19.8 Å². The molecule has 0 radical (unpaired) electrons. The highest BCUT2D eigenvalue weighted by atomic mass is 32.1. The summed E-state index contributed by atoms with van der Waals surface area (Å²) in [5.41, 5.74) is 1.48. The molecule has 0 bridgehead atoms. The largest absolute Gasteiger partial charge is 0.316 e. The number of benzene rings is 1. The van der Waals surface area contributed by atoms with Crippen molar-refractivity contribution in [3.63, 3.8) is 0 Å². The van der Waals surface area contributed by atoms with Crippen molar-refractivity contribution in [1.82, 2.24) is 5.32 Å². The molecule has 1 N–H and O–H groups in total. The minimum Gasteiger partial charge on any atom is -0.316 e. The fourth-order valence-corrected chi connectivity index (χ4v) is 2.72. The second kappa shape index (κ2) is 5.29. The van der Waals surface area contributed by atoms with Gasteiger partial charge in [0.25, 0.3) is 0 Å². The molecule has 0 unspecified atom stereocenters. The summed E-state index contributed by atoms with van der Waals surface area (Å²) in [5, 5.41) is 7.00. The maximum absolute atomic E-state index is 3.45. The van der Waals surface area contributed by atoms with Gasteiger partial charge in [0.1, 0.15) is 0 Å². The first kappa shape index (κ1) is 10.7. The lowest BCUT2D eigenvalue weighted by Crippen LogP contribution is -2.17. The van der Waals surface area contributed by atoms with Crippen molar-refractivity contribution in [1.29, 1.82) is 0 Å². The second-order valence-corrected chi connectivity index (χ2v) is 4.67. The molecule has 2 rings (SSSR count). The van der Waals surface area contributed by atoms with Crippen LogP contribution in [0.15, 0.2) is 29.6 Å². The molecule has 15 heavy (non-hydrogen) atoms. The van der Waals surface area contributed by atoms with Gasteiger partial charge in [-0.3, -0.25) is 0 Å². The Morgan fingerprint density at radius 1 is 1.20 bits per heavy atom. The summed E-state index contributed by atoms with van der Waals surface area (Å²) >= 11 is 1.85. The van der Waals surface area contributed by atoms with E-state index in [1.165, 1.54) is 22.1 Å². The van der Waals surface area contributed by atoms with Gasteiger partial charge >= 0.3 is 0 Å². The topological polar surface area (TPSA) is 12.0 Å². The molecular formula is C13H17NS. The van der Waals surface area contributed by atoms with Gasteiger partial charge in [-0.25, -0.2) is 0 Å². The Hall–Kier alpha value is -0.860. The summed E-state index contributed by atoms with van der Waals surface area (Å²) < 4.78 is 1.45. The Bertz CT molecular complexity index is 419. The van der Waals surface area contributed by atoms with Crippen LogP contribution in [0.5, 0.6) is 0 Å². The maximum Gasteiger partial charge on any atom is 0.0375 e. The van der Waals surface area contributed by atoms with Crippen LogP contribution < -0.4 is 5.32 Å². The third-order valence-corrected chi connectivity index (χ3v) is 3.56. The number of nitrogens with one attached hydrogen (secondary N) is 1. The molecule has 0 saturated carbocycles. The van der Waals surface area contributed by atoms with E-state index in [-0.39, 0.29) is 0 Å². The van der Waals surface area contributed by atoms with Crippen LogP contribution in [0.1, 0.15) is 18.9 Å². The molecule has 80 valence electrons. The minimum absolute atomic E-state index is 1.09. The molecule has 0 fully saturated rings. The van der Waals surface area contributed by atoms with Crippen LogP contribution >= 0.6 is 11.3 Å². The Kier molecular flexibility index (Phi) is 3.75. The van der Waals surface area contributed by atoms with Crippen molar-refractivity contribution in [3.8, 4) is 0 Å². The number of fused-ring (bicyclic) bond motifs is 1. The average Bonchev–Trinajstić information content (AvgIpc) is 2.73. The van der Waals surface area contributed by atoms with Crippen LogP contribution in [0.2, 0.25) is 0 Å². The monoisotopic (exact) mass is 219 g/mol. The number of hydrogen-bond acceptors (Lipinski definition) is 2. The molecule has 0 aliphatic carbocycles. The lowest BCUT2D eigenvalue weighted by molar-refractivity contribution is 0.673. The molecule has 0 saturated heterocycles. The first-order chi connectivity index (χ1) is 7.42. The van der Waals surface area contributed by atoms with Crippen LogP contribution in [-0.4, -0.2) is 13.1 Å². The minimum atomic E-state index is 1.09. The van der Waals surface area contributed by atoms with Crippen LogP contribution in [0.25, 0.3) is 10.1 Å². The van der Waals surface area contributed by atoms with Gasteiger partial charge in [-0.05, 0) is 48.3 Å². The van der Waals surface area contributed by atoms with Crippen molar-refractivity contribution >= 4 is 21.4 Å². The zero-order chi connectivity index (χ0) is 10.5. The lowest BCUT2D eigenvalue weighted by atomic mass is 10.1. The van der Waals surface area contributed by atoms with E-state index in [0.29, 0.717) is 0 Å². The quantitative estimate of drug-likeness (QED) is 0.760. The van der Waals surface area contributed by atoms with E-state index in [1.54, 1.807) is 0 Å². The number of thiophene rings is 1. The highest BCUT2D eigenvalue weighted by Crippen LogP contribution is 2.24. The summed E-state index contributed by atoms with van der Waals surface area (Å²) in [7, 11) is 0. The third-order valence-electron chi connectivity index (χ3n) is 2.56. The summed E-state index contributed by atoms with van der Waals surface area (Å²) in [4.78, 5) is 0. The predicted molar refractivity (Wildman–Crippen MR) is 68.7 cm³/mol. The summed E-state index contributed by atoms with van der Waals surface area (Å²) in [5.74, 6) is 0. The molecule has 0 amide bonds. The van der Waals surface area contributed by atoms with Gasteiger partial charge in [-0.1, -0.05) is 25.1 Å². The molecule has 0 aliphatic heterocycles. The molecule has 1 aromatic heterocycles. The smallest absolute Gasteiger partial charge is 0.0375 e. The highest BCUT2D eigenvalue weighted by molar-refractivity contribution is 7.17. The molecule has 2 heteroatoms. The fourth-order valence-electron chi connectivity index (χ4n) is 1.78. The van der Waals surface area contributed by atoms with Gasteiger partial charge in [-0.2, -0.15) is 0 Å². The van der Waals surface area contributed by atoms with Gasteiger partial charge in [0, 0.05) is 4.70 Å². The Balaban J connectivity index is 2.04. The molecule has 0 atom stereocenters. The van der Waals surface area contributed by atoms with Crippen molar-refractivity contribution < 1.29 is 0 Å². The first-order valence-corrected chi connectivity index (χ1v) is 6.45. The van der Waals surface area contributed by atoms with Crippen molar-refractivity contribution in [3.05, 3.63) is 35.2 Å². The summed E-state index contributed by atoms with van der Waals surface area (Å²) in [6.45, 7) is 4.41. The molecule has 1 aromatic carbocycles. The Morgan fingerprint density at radius 3 is 3.00 bits per heavy atom. The van der Waals surface area contributed by atoms with Crippen LogP contribution in [0.3, 0.4) is 0 Å². The molecule has 1 nitrogen and oxygen atoms in total. The van der Waals surface area contributed by atoms with E-state index in [1.807, 2.05) is 11.3 Å². The van der Waals surface area contributed by atoms with E-state index >= 15 is 0 Å². The predicted octanol–water partition coefficient (Wildman–Crippen LogP) is 3.44. The molecule has 1 heterocycles. The van der Waals surface area contributed by atoms with Gasteiger partial charge in [0.2, 0.25) is 0 Å². The Labute approximate surface area is 95.1 Å².